The van der Waals surface area contributed by atoms with Crippen LogP contribution in [0.4, 0.5) is 4.79 Å². The third-order valence-corrected chi connectivity index (χ3v) is 1.74. The number of nitrogens with one attached hydrogen (secondary N) is 2. The van der Waals surface area contributed by atoms with E-state index in [2.05, 4.69) is 29.2 Å². The molecule has 0 fully saturated rings. The highest BCUT2D eigenvalue weighted by Gasteiger charge is 2.03. The van der Waals surface area contributed by atoms with Gasteiger partial charge in [-0.2, -0.15) is 0 Å². The first-order chi connectivity index (χ1) is 6.56. The van der Waals surface area contributed by atoms with Gasteiger partial charge in [0.1, 0.15) is 0 Å². The molecule has 0 rings (SSSR count). The zero-order chi connectivity index (χ0) is 11.0. The SMILES string of the molecule is CCOC(=O)NC(=S)NCCC(C)C. The van der Waals surface area contributed by atoms with E-state index in [1.165, 1.54) is 0 Å². The number of amides is 1. The molecular formula is C9H18N2O2S. The minimum Gasteiger partial charge on any atom is -0.450 e. The molecule has 0 radical (unpaired) electrons. The van der Waals surface area contributed by atoms with Gasteiger partial charge in [0.15, 0.2) is 5.11 Å². The summed E-state index contributed by atoms with van der Waals surface area (Å²) in [6.45, 7) is 7.12. The molecule has 14 heavy (non-hydrogen) atoms. The molecule has 1 amide bonds. The van der Waals surface area contributed by atoms with Crippen LogP contribution in [0.1, 0.15) is 27.2 Å². The van der Waals surface area contributed by atoms with Crippen LogP contribution in [0.2, 0.25) is 0 Å². The Kier molecular flexibility index (Phi) is 7.10. The van der Waals surface area contributed by atoms with Crippen molar-refractivity contribution in [1.29, 1.82) is 0 Å². The maximum atomic E-state index is 10.9. The Morgan fingerprint density at radius 1 is 1.50 bits per heavy atom. The topological polar surface area (TPSA) is 50.4 Å². The first-order valence-electron chi connectivity index (χ1n) is 4.77. The van der Waals surface area contributed by atoms with Crippen molar-refractivity contribution in [2.24, 2.45) is 5.92 Å². The van der Waals surface area contributed by atoms with Crippen LogP contribution in [0.25, 0.3) is 0 Å². The molecule has 0 spiro atoms. The largest absolute Gasteiger partial charge is 0.450 e. The minimum absolute atomic E-state index is 0.323. The number of carbonyl (C=O) groups is 1. The van der Waals surface area contributed by atoms with Crippen molar-refractivity contribution in [1.82, 2.24) is 10.6 Å². The van der Waals surface area contributed by atoms with Crippen LogP contribution < -0.4 is 10.6 Å². The van der Waals surface area contributed by atoms with E-state index in [0.29, 0.717) is 17.6 Å². The third-order valence-electron chi connectivity index (χ3n) is 1.50. The average Bonchev–Trinajstić information content (AvgIpc) is 2.03. The molecule has 0 aliphatic heterocycles. The van der Waals surface area contributed by atoms with Gasteiger partial charge in [-0.25, -0.2) is 4.79 Å². The average molecular weight is 218 g/mol. The Hall–Kier alpha value is -0.840. The number of hydrogen-bond donors (Lipinski definition) is 2. The summed E-state index contributed by atoms with van der Waals surface area (Å²) < 4.78 is 4.66. The molecule has 0 atom stereocenters. The van der Waals surface area contributed by atoms with Gasteiger partial charge in [0.05, 0.1) is 6.61 Å². The summed E-state index contributed by atoms with van der Waals surface area (Å²) >= 11 is 4.87. The molecular weight excluding hydrogens is 200 g/mol. The van der Waals surface area contributed by atoms with Gasteiger partial charge >= 0.3 is 6.09 Å². The third kappa shape index (κ3) is 7.79. The summed E-state index contributed by atoms with van der Waals surface area (Å²) in [6, 6.07) is 0. The zero-order valence-electron chi connectivity index (χ0n) is 8.92. The smallest absolute Gasteiger partial charge is 0.413 e. The summed E-state index contributed by atoms with van der Waals surface area (Å²) in [5.41, 5.74) is 0. The minimum atomic E-state index is -0.505. The van der Waals surface area contributed by atoms with E-state index in [0.717, 1.165) is 13.0 Å². The van der Waals surface area contributed by atoms with Crippen LogP contribution >= 0.6 is 12.2 Å². The van der Waals surface area contributed by atoms with Gasteiger partial charge in [0, 0.05) is 6.54 Å². The highest BCUT2D eigenvalue weighted by molar-refractivity contribution is 7.80. The van der Waals surface area contributed by atoms with Gasteiger partial charge in [0.2, 0.25) is 0 Å². The number of carbonyl (C=O) groups excluding carboxylic acids is 1. The van der Waals surface area contributed by atoms with Gasteiger partial charge in [-0.05, 0) is 31.5 Å². The molecule has 0 aromatic heterocycles. The first-order valence-corrected chi connectivity index (χ1v) is 5.18. The van der Waals surface area contributed by atoms with Crippen molar-refractivity contribution < 1.29 is 9.53 Å². The van der Waals surface area contributed by atoms with E-state index >= 15 is 0 Å². The second-order valence-corrected chi connectivity index (χ2v) is 3.69. The van der Waals surface area contributed by atoms with Crippen LogP contribution in [0, 0.1) is 5.92 Å². The number of ether oxygens (including phenoxy) is 1. The van der Waals surface area contributed by atoms with E-state index in [9.17, 15) is 4.79 Å². The lowest BCUT2D eigenvalue weighted by Gasteiger charge is -2.10. The Labute approximate surface area is 90.4 Å². The van der Waals surface area contributed by atoms with Crippen molar-refractivity contribution in [3.05, 3.63) is 0 Å². The molecule has 0 bridgehead atoms. The molecule has 0 saturated heterocycles. The van der Waals surface area contributed by atoms with Gasteiger partial charge < -0.3 is 10.1 Å². The van der Waals surface area contributed by atoms with E-state index in [1.807, 2.05) is 0 Å². The summed E-state index contributed by atoms with van der Waals surface area (Å²) in [4.78, 5) is 10.9. The first kappa shape index (κ1) is 13.2. The highest BCUT2D eigenvalue weighted by Crippen LogP contribution is 1.95. The Bertz CT molecular complexity index is 195. The van der Waals surface area contributed by atoms with Gasteiger partial charge in [0.25, 0.3) is 0 Å². The molecule has 0 aliphatic rings. The molecule has 0 unspecified atom stereocenters. The fourth-order valence-electron chi connectivity index (χ4n) is 0.778. The predicted octanol–water partition coefficient (Wildman–Crippen LogP) is 1.65. The molecule has 0 saturated carbocycles. The molecule has 0 aromatic rings. The maximum Gasteiger partial charge on any atom is 0.413 e. The lowest BCUT2D eigenvalue weighted by Crippen LogP contribution is -2.40. The van der Waals surface area contributed by atoms with Crippen molar-refractivity contribution in [3.63, 3.8) is 0 Å². The van der Waals surface area contributed by atoms with Gasteiger partial charge in [-0.15, -0.1) is 0 Å². The Morgan fingerprint density at radius 2 is 2.14 bits per heavy atom. The second-order valence-electron chi connectivity index (χ2n) is 3.28. The number of thiocarbonyl (C=S) groups is 1. The highest BCUT2D eigenvalue weighted by atomic mass is 32.1. The van der Waals surface area contributed by atoms with E-state index in [4.69, 9.17) is 12.2 Å². The normalized spacial score (nSPS) is 9.71. The molecule has 0 aromatic carbocycles. The summed E-state index contributed by atoms with van der Waals surface area (Å²) in [5, 5.41) is 5.66. The van der Waals surface area contributed by atoms with Crippen LogP contribution in [-0.2, 0) is 4.74 Å². The van der Waals surface area contributed by atoms with Crippen molar-refractivity contribution in [3.8, 4) is 0 Å². The molecule has 0 heterocycles. The Morgan fingerprint density at radius 3 is 2.64 bits per heavy atom. The zero-order valence-corrected chi connectivity index (χ0v) is 9.74. The molecule has 4 nitrogen and oxygen atoms in total. The Balaban J connectivity index is 3.50. The van der Waals surface area contributed by atoms with Crippen LogP contribution in [0.5, 0.6) is 0 Å². The maximum absolute atomic E-state index is 10.9. The van der Waals surface area contributed by atoms with Crippen LogP contribution in [0.3, 0.4) is 0 Å². The van der Waals surface area contributed by atoms with Crippen molar-refractivity contribution in [2.75, 3.05) is 13.2 Å². The summed E-state index contributed by atoms with van der Waals surface area (Å²) in [7, 11) is 0. The second kappa shape index (κ2) is 7.55. The van der Waals surface area contributed by atoms with Crippen LogP contribution in [-0.4, -0.2) is 24.4 Å². The predicted molar refractivity (Wildman–Crippen MR) is 60.2 cm³/mol. The molecule has 2 N–H and O–H groups in total. The quantitative estimate of drug-likeness (QED) is 0.705. The van der Waals surface area contributed by atoms with Crippen molar-refractivity contribution in [2.45, 2.75) is 27.2 Å². The fourth-order valence-corrected chi connectivity index (χ4v) is 0.964. The monoisotopic (exact) mass is 218 g/mol. The number of alkyl carbamates (subject to hydrolysis) is 1. The lowest BCUT2D eigenvalue weighted by molar-refractivity contribution is 0.157. The molecule has 0 aliphatic carbocycles. The lowest BCUT2D eigenvalue weighted by atomic mass is 10.1. The van der Waals surface area contributed by atoms with Crippen molar-refractivity contribution >= 4 is 23.4 Å². The van der Waals surface area contributed by atoms with E-state index < -0.39 is 6.09 Å². The van der Waals surface area contributed by atoms with E-state index in [1.54, 1.807) is 6.92 Å². The molecule has 82 valence electrons. The van der Waals surface area contributed by atoms with Gasteiger partial charge in [-0.3, -0.25) is 5.32 Å². The van der Waals surface area contributed by atoms with E-state index in [-0.39, 0.29) is 0 Å². The standard InChI is InChI=1S/C9H18N2O2S/c1-4-13-9(12)11-8(14)10-6-5-7(2)3/h7H,4-6H2,1-3H3,(H2,10,11,12,14). The number of hydrogen-bond acceptors (Lipinski definition) is 3. The fraction of sp³-hybridized carbons (Fsp3) is 0.778. The summed E-state index contributed by atoms with van der Waals surface area (Å²) in [5.74, 6) is 0.618. The molecule has 5 heteroatoms. The van der Waals surface area contributed by atoms with Gasteiger partial charge in [-0.1, -0.05) is 13.8 Å². The number of rotatable bonds is 4. The summed E-state index contributed by atoms with van der Waals surface area (Å²) in [6.07, 6.45) is 0.513. The van der Waals surface area contributed by atoms with Crippen LogP contribution in [0.15, 0.2) is 0 Å².